The van der Waals surface area contributed by atoms with E-state index in [4.69, 9.17) is 9.72 Å². The highest BCUT2D eigenvalue weighted by Crippen LogP contribution is 2.32. The van der Waals surface area contributed by atoms with Crippen molar-refractivity contribution in [2.24, 2.45) is 5.92 Å². The number of likely N-dealkylation sites (tertiary alicyclic amines) is 1. The molecule has 11 nitrogen and oxygen atoms in total. The van der Waals surface area contributed by atoms with Crippen molar-refractivity contribution >= 4 is 22.3 Å². The molecule has 0 spiro atoms. The van der Waals surface area contributed by atoms with Crippen molar-refractivity contribution in [1.82, 2.24) is 29.7 Å². The first-order chi connectivity index (χ1) is 18.6. The van der Waals surface area contributed by atoms with E-state index >= 15 is 0 Å². The summed E-state index contributed by atoms with van der Waals surface area (Å²) in [6, 6.07) is 14.2. The zero-order valence-electron chi connectivity index (χ0n) is 21.2. The van der Waals surface area contributed by atoms with Crippen molar-refractivity contribution in [2.45, 2.75) is 25.3 Å². The van der Waals surface area contributed by atoms with Crippen molar-refractivity contribution in [3.8, 4) is 17.3 Å². The van der Waals surface area contributed by atoms with Crippen molar-refractivity contribution < 1.29 is 13.2 Å². The van der Waals surface area contributed by atoms with Crippen LogP contribution in [0.5, 0.6) is 0 Å². The lowest BCUT2D eigenvalue weighted by Gasteiger charge is -2.37. The standard InChI is InChI=1S/C26H32N8O3S/c27-10-6-25(21-8-12-31(13-9-21)20-38(35)36)33-19-22(18-29-33)24-7-11-28-26(30-24)34(23-4-2-1-3-5-23)32-14-16-37-17-15-32/h1-5,7,11,18-19,21,25,38H,6,8-9,12-17,20H2. The number of anilines is 2. The van der Waals surface area contributed by atoms with Gasteiger partial charge < -0.3 is 4.74 Å². The summed E-state index contributed by atoms with van der Waals surface area (Å²) < 4.78 is 29.6. The molecule has 2 saturated heterocycles. The first-order valence-corrected chi connectivity index (χ1v) is 14.2. The van der Waals surface area contributed by atoms with Gasteiger partial charge in [-0.15, -0.1) is 0 Å². The third-order valence-corrected chi connectivity index (χ3v) is 7.76. The minimum Gasteiger partial charge on any atom is -0.379 e. The molecule has 0 N–H and O–H groups in total. The third-order valence-electron chi connectivity index (χ3n) is 7.13. The van der Waals surface area contributed by atoms with Crippen LogP contribution < -0.4 is 5.01 Å². The van der Waals surface area contributed by atoms with E-state index in [0.29, 0.717) is 38.7 Å². The number of hydrogen-bond acceptors (Lipinski definition) is 10. The predicted molar refractivity (Wildman–Crippen MR) is 143 cm³/mol. The van der Waals surface area contributed by atoms with E-state index in [1.165, 1.54) is 0 Å². The first-order valence-electron chi connectivity index (χ1n) is 12.9. The molecule has 3 aromatic rings. The van der Waals surface area contributed by atoms with E-state index in [1.807, 2.05) is 57.2 Å². The first kappa shape index (κ1) is 26.2. The van der Waals surface area contributed by atoms with Gasteiger partial charge in [0, 0.05) is 31.0 Å². The fourth-order valence-corrected chi connectivity index (χ4v) is 5.81. The minimum absolute atomic E-state index is 0.0765. The van der Waals surface area contributed by atoms with Crippen LogP contribution in [0.15, 0.2) is 55.0 Å². The number of thiol groups is 1. The number of para-hydroxylation sites is 1. The molecule has 0 aliphatic carbocycles. The summed E-state index contributed by atoms with van der Waals surface area (Å²) >= 11 is 0. The van der Waals surface area contributed by atoms with E-state index in [9.17, 15) is 13.7 Å². The van der Waals surface area contributed by atoms with Crippen LogP contribution in [0.25, 0.3) is 11.3 Å². The summed E-state index contributed by atoms with van der Waals surface area (Å²) in [5, 5.41) is 18.4. The molecule has 200 valence electrons. The van der Waals surface area contributed by atoms with Crippen LogP contribution in [0, 0.1) is 17.2 Å². The summed E-state index contributed by atoms with van der Waals surface area (Å²) in [6.07, 6.45) is 7.50. The van der Waals surface area contributed by atoms with Gasteiger partial charge in [-0.2, -0.15) is 10.4 Å². The average molecular weight is 537 g/mol. The normalized spacial score (nSPS) is 18.3. The molecule has 1 atom stereocenters. The molecule has 0 amide bonds. The van der Waals surface area contributed by atoms with Gasteiger partial charge in [-0.25, -0.2) is 28.4 Å². The monoisotopic (exact) mass is 536 g/mol. The van der Waals surface area contributed by atoms with Crippen LogP contribution in [0.4, 0.5) is 11.6 Å². The van der Waals surface area contributed by atoms with E-state index in [2.05, 4.69) is 21.2 Å². The van der Waals surface area contributed by atoms with Crippen molar-refractivity contribution in [3.63, 3.8) is 0 Å². The summed E-state index contributed by atoms with van der Waals surface area (Å²) in [7, 11) is -2.42. The van der Waals surface area contributed by atoms with E-state index < -0.39 is 10.7 Å². The summed E-state index contributed by atoms with van der Waals surface area (Å²) in [5.41, 5.74) is 2.58. The zero-order valence-corrected chi connectivity index (χ0v) is 22.1. The van der Waals surface area contributed by atoms with Crippen LogP contribution >= 0.6 is 0 Å². The summed E-state index contributed by atoms with van der Waals surface area (Å²) in [4.78, 5) is 11.5. The number of morpholine rings is 1. The topological polar surface area (TPSA) is 120 Å². The highest BCUT2D eigenvalue weighted by atomic mass is 32.2. The maximum atomic E-state index is 11.1. The largest absolute Gasteiger partial charge is 0.379 e. The van der Waals surface area contributed by atoms with Gasteiger partial charge in [0.05, 0.1) is 55.2 Å². The van der Waals surface area contributed by atoms with E-state index in [1.54, 1.807) is 12.4 Å². The molecule has 4 heterocycles. The van der Waals surface area contributed by atoms with Crippen LogP contribution in [-0.2, 0) is 15.4 Å². The van der Waals surface area contributed by atoms with E-state index in [-0.39, 0.29) is 17.8 Å². The van der Waals surface area contributed by atoms with E-state index in [0.717, 1.165) is 42.9 Å². The van der Waals surface area contributed by atoms with Crippen molar-refractivity contribution in [1.29, 1.82) is 5.26 Å². The van der Waals surface area contributed by atoms with Gasteiger partial charge in [0.25, 0.3) is 0 Å². The van der Waals surface area contributed by atoms with Gasteiger partial charge >= 0.3 is 0 Å². The number of hydrazine groups is 1. The molecule has 0 saturated carbocycles. The van der Waals surface area contributed by atoms with Crippen molar-refractivity contribution in [3.05, 3.63) is 55.0 Å². The molecule has 1 aromatic carbocycles. The van der Waals surface area contributed by atoms with Gasteiger partial charge in [-0.1, -0.05) is 18.2 Å². The molecule has 38 heavy (non-hydrogen) atoms. The van der Waals surface area contributed by atoms with Crippen LogP contribution in [0.3, 0.4) is 0 Å². The lowest BCUT2D eigenvalue weighted by molar-refractivity contribution is 0.0371. The van der Waals surface area contributed by atoms with Crippen LogP contribution in [0.2, 0.25) is 0 Å². The number of ether oxygens (including phenoxy) is 1. The van der Waals surface area contributed by atoms with Gasteiger partial charge in [0.15, 0.2) is 10.7 Å². The Morgan fingerprint density at radius 2 is 1.87 bits per heavy atom. The number of rotatable bonds is 9. The lowest BCUT2D eigenvalue weighted by Crippen LogP contribution is -2.47. The molecule has 2 aromatic heterocycles. The minimum atomic E-state index is -2.42. The Balaban J connectivity index is 1.38. The van der Waals surface area contributed by atoms with Crippen LogP contribution in [0.1, 0.15) is 25.3 Å². The Morgan fingerprint density at radius 3 is 2.58 bits per heavy atom. The Hall–Kier alpha value is -3.37. The van der Waals surface area contributed by atoms with Gasteiger partial charge in [-0.05, 0) is 50.0 Å². The number of piperidine rings is 1. The molecule has 12 heteroatoms. The highest BCUT2D eigenvalue weighted by molar-refractivity contribution is 7.72. The number of nitrogens with zero attached hydrogens (tertiary/aromatic N) is 8. The maximum Gasteiger partial charge on any atom is 0.245 e. The molecule has 0 radical (unpaired) electrons. The smallest absolute Gasteiger partial charge is 0.245 e. The molecular formula is C26H32N8O3S. The second-order valence-electron chi connectivity index (χ2n) is 9.52. The Labute approximate surface area is 224 Å². The number of aromatic nitrogens is 4. The fourth-order valence-electron chi connectivity index (χ4n) is 5.20. The van der Waals surface area contributed by atoms with Crippen molar-refractivity contribution in [2.75, 3.05) is 50.3 Å². The second kappa shape index (κ2) is 12.4. The summed E-state index contributed by atoms with van der Waals surface area (Å²) in [6.45, 7) is 4.17. The van der Waals surface area contributed by atoms with Gasteiger partial charge in [-0.3, -0.25) is 9.58 Å². The zero-order chi connectivity index (χ0) is 26.3. The molecule has 2 fully saturated rings. The lowest BCUT2D eigenvalue weighted by atomic mass is 9.88. The summed E-state index contributed by atoms with van der Waals surface area (Å²) in [5.74, 6) is 0.914. The fraction of sp³-hybridized carbons (Fsp3) is 0.462. The molecular weight excluding hydrogens is 504 g/mol. The number of hydrogen-bond donors (Lipinski definition) is 1. The average Bonchev–Trinajstić information content (AvgIpc) is 3.44. The Morgan fingerprint density at radius 1 is 1.11 bits per heavy atom. The SMILES string of the molecule is N#CCC(C1CCN(C[SH](=O)=O)CC1)n1cc(-c2ccnc(N(c3ccccc3)N3CCOCC3)n2)cn1. The highest BCUT2D eigenvalue weighted by Gasteiger charge is 2.29. The molecule has 0 bridgehead atoms. The maximum absolute atomic E-state index is 11.1. The molecule has 2 aliphatic heterocycles. The molecule has 2 aliphatic rings. The number of nitriles is 1. The second-order valence-corrected chi connectivity index (χ2v) is 10.5. The number of benzene rings is 1. The molecule has 5 rings (SSSR count). The Kier molecular flexibility index (Phi) is 8.60. The van der Waals surface area contributed by atoms with Crippen LogP contribution in [-0.4, -0.2) is 83.3 Å². The predicted octanol–water partition coefficient (Wildman–Crippen LogP) is 2.46. The third kappa shape index (κ3) is 6.19. The molecule has 1 unspecified atom stereocenters. The quantitative estimate of drug-likeness (QED) is 0.408. The van der Waals surface area contributed by atoms with Gasteiger partial charge in [0.2, 0.25) is 5.95 Å². The van der Waals surface area contributed by atoms with Gasteiger partial charge in [0.1, 0.15) is 0 Å². The Bertz CT molecular complexity index is 1300.